The molecule has 0 saturated carbocycles. The smallest absolute Gasteiger partial charge is 0.257 e. The van der Waals surface area contributed by atoms with Crippen LogP contribution >= 0.6 is 0 Å². The average Bonchev–Trinajstić information content (AvgIpc) is 3.44. The first-order valence-corrected chi connectivity index (χ1v) is 11.3. The van der Waals surface area contributed by atoms with Gasteiger partial charge in [0.2, 0.25) is 5.95 Å². The van der Waals surface area contributed by atoms with Crippen molar-refractivity contribution in [3.05, 3.63) is 84.1 Å². The average molecular weight is 486 g/mol. The largest absolute Gasteiger partial charge is 0.324 e. The number of amides is 1. The molecule has 0 radical (unpaired) electrons. The summed E-state index contributed by atoms with van der Waals surface area (Å²) in [6, 6.07) is 12.4. The maximum atomic E-state index is 13.6. The zero-order valence-corrected chi connectivity index (χ0v) is 19.2. The van der Waals surface area contributed by atoms with Gasteiger partial charge in [0.15, 0.2) is 11.5 Å². The molecule has 180 valence electrons. The van der Waals surface area contributed by atoms with Gasteiger partial charge < -0.3 is 9.88 Å². The fourth-order valence-electron chi connectivity index (χ4n) is 4.32. The third kappa shape index (κ3) is 3.99. The Morgan fingerprint density at radius 3 is 2.67 bits per heavy atom. The van der Waals surface area contributed by atoms with Crippen LogP contribution in [-0.4, -0.2) is 53.5 Å². The van der Waals surface area contributed by atoms with E-state index < -0.39 is 11.9 Å². The Hall–Kier alpha value is -4.51. The minimum absolute atomic E-state index is 0.132. The van der Waals surface area contributed by atoms with E-state index in [9.17, 15) is 13.6 Å². The van der Waals surface area contributed by atoms with Crippen LogP contribution in [0.3, 0.4) is 0 Å². The Balaban J connectivity index is 1.39. The zero-order chi connectivity index (χ0) is 24.8. The molecule has 11 heteroatoms. The molecular weight excluding hydrogens is 466 g/mol. The molecule has 1 N–H and O–H groups in total. The quantitative estimate of drug-likeness (QED) is 0.390. The number of rotatable bonds is 4. The molecule has 0 spiro atoms. The highest BCUT2D eigenvalue weighted by Gasteiger charge is 2.25. The summed E-state index contributed by atoms with van der Waals surface area (Å²) >= 11 is 0. The molecule has 5 aromatic rings. The fourth-order valence-corrected chi connectivity index (χ4v) is 4.32. The van der Waals surface area contributed by atoms with E-state index in [1.807, 2.05) is 13.1 Å². The van der Waals surface area contributed by atoms with Crippen LogP contribution in [0, 0.1) is 11.8 Å². The Bertz CT molecular complexity index is 1610. The van der Waals surface area contributed by atoms with E-state index in [1.165, 1.54) is 24.4 Å². The summed E-state index contributed by atoms with van der Waals surface area (Å²) in [7, 11) is 2.04. The Morgan fingerprint density at radius 2 is 1.86 bits per heavy atom. The van der Waals surface area contributed by atoms with Gasteiger partial charge in [0.05, 0.1) is 24.1 Å². The van der Waals surface area contributed by atoms with Crippen LogP contribution in [-0.2, 0) is 13.1 Å². The van der Waals surface area contributed by atoms with Crippen molar-refractivity contribution in [3.8, 4) is 22.6 Å². The number of fused-ring (bicyclic) bond motifs is 2. The molecule has 4 aromatic heterocycles. The van der Waals surface area contributed by atoms with Crippen LogP contribution in [0.4, 0.5) is 14.6 Å². The fraction of sp³-hybridized carbons (Fsp3) is 0.160. The molecule has 0 unspecified atom stereocenters. The summed E-state index contributed by atoms with van der Waals surface area (Å²) in [5.41, 5.74) is 3.67. The van der Waals surface area contributed by atoms with Crippen molar-refractivity contribution in [2.75, 3.05) is 18.9 Å². The number of anilines is 1. The van der Waals surface area contributed by atoms with Gasteiger partial charge in [0.1, 0.15) is 17.3 Å². The van der Waals surface area contributed by atoms with Gasteiger partial charge in [-0.3, -0.25) is 9.69 Å². The number of likely N-dealkylation sites (N-methyl/N-ethyl adjacent to an activating group) is 1. The van der Waals surface area contributed by atoms with Gasteiger partial charge in [0.25, 0.3) is 5.91 Å². The first kappa shape index (κ1) is 22.0. The summed E-state index contributed by atoms with van der Waals surface area (Å²) in [6.45, 7) is 2.29. The zero-order valence-electron chi connectivity index (χ0n) is 19.2. The number of hydrogen-bond donors (Lipinski definition) is 1. The van der Waals surface area contributed by atoms with E-state index in [-0.39, 0.29) is 17.2 Å². The van der Waals surface area contributed by atoms with E-state index in [0.717, 1.165) is 41.9 Å². The predicted molar refractivity (Wildman–Crippen MR) is 128 cm³/mol. The van der Waals surface area contributed by atoms with Crippen LogP contribution in [0.2, 0.25) is 0 Å². The van der Waals surface area contributed by atoms with Crippen molar-refractivity contribution in [2.45, 2.75) is 13.1 Å². The number of aromatic nitrogens is 6. The summed E-state index contributed by atoms with van der Waals surface area (Å²) in [6.07, 6.45) is 2.82. The van der Waals surface area contributed by atoms with E-state index in [2.05, 4.69) is 24.8 Å². The highest BCUT2D eigenvalue weighted by Crippen LogP contribution is 2.33. The van der Waals surface area contributed by atoms with Crippen molar-refractivity contribution < 1.29 is 13.6 Å². The summed E-state index contributed by atoms with van der Waals surface area (Å²) in [4.78, 5) is 27.4. The van der Waals surface area contributed by atoms with Crippen molar-refractivity contribution >= 4 is 17.4 Å². The lowest BCUT2D eigenvalue weighted by molar-refractivity contribution is 0.102. The molecule has 1 aliphatic rings. The van der Waals surface area contributed by atoms with Crippen molar-refractivity contribution in [1.82, 2.24) is 34.0 Å². The first-order chi connectivity index (χ1) is 17.4. The molecular formula is C25H20F2N8O. The highest BCUT2D eigenvalue weighted by molar-refractivity contribution is 6.03. The van der Waals surface area contributed by atoms with E-state index in [0.29, 0.717) is 17.9 Å². The lowest BCUT2D eigenvalue weighted by atomic mass is 10.1. The summed E-state index contributed by atoms with van der Waals surface area (Å²) in [5.74, 6) is -0.379. The van der Waals surface area contributed by atoms with Gasteiger partial charge in [-0.15, -0.1) is 0 Å². The van der Waals surface area contributed by atoms with Gasteiger partial charge in [-0.1, -0.05) is 0 Å². The molecule has 1 amide bonds. The van der Waals surface area contributed by atoms with Gasteiger partial charge in [-0.05, 0) is 49.5 Å². The standard InChI is InChI=1S/C25H20F2N8O/c1-33-10-11-34-22(14-33)31-23(15-2-4-17(26)5-3-15)24(34)18-6-7-21-29-20(13-35(21)32-18)30-25(36)16-8-9-28-19(27)12-16/h2-9,12-13H,10-11,14H2,1H3,(H,30,36). The van der Waals surface area contributed by atoms with Crippen LogP contribution < -0.4 is 5.32 Å². The number of carbonyl (C=O) groups is 1. The third-order valence-corrected chi connectivity index (χ3v) is 6.07. The molecule has 0 saturated heterocycles. The molecule has 36 heavy (non-hydrogen) atoms. The minimum Gasteiger partial charge on any atom is -0.324 e. The van der Waals surface area contributed by atoms with E-state index in [4.69, 9.17) is 10.1 Å². The number of nitrogens with one attached hydrogen (secondary N) is 1. The van der Waals surface area contributed by atoms with E-state index in [1.54, 1.807) is 28.9 Å². The first-order valence-electron chi connectivity index (χ1n) is 11.3. The second kappa shape index (κ2) is 8.61. The molecule has 5 heterocycles. The molecule has 1 aromatic carbocycles. The topological polar surface area (TPSA) is 93.2 Å². The Kier molecular flexibility index (Phi) is 5.26. The van der Waals surface area contributed by atoms with Gasteiger partial charge in [0, 0.05) is 36.5 Å². The number of benzene rings is 1. The van der Waals surface area contributed by atoms with Crippen molar-refractivity contribution in [1.29, 1.82) is 0 Å². The summed E-state index contributed by atoms with van der Waals surface area (Å²) < 4.78 is 30.7. The Labute approximate surface area is 204 Å². The number of pyridine rings is 1. The SMILES string of the molecule is CN1CCn2c(nc(-c3ccc(F)cc3)c2-c2ccc3nc(NC(=O)c4ccnc(F)c4)cn3n2)C1. The molecule has 0 fully saturated rings. The summed E-state index contributed by atoms with van der Waals surface area (Å²) in [5, 5.41) is 7.41. The maximum Gasteiger partial charge on any atom is 0.257 e. The van der Waals surface area contributed by atoms with Crippen LogP contribution in [0.1, 0.15) is 16.2 Å². The van der Waals surface area contributed by atoms with Gasteiger partial charge in [-0.25, -0.2) is 23.9 Å². The molecule has 1 aliphatic heterocycles. The van der Waals surface area contributed by atoms with Crippen LogP contribution in [0.25, 0.3) is 28.3 Å². The normalized spacial score (nSPS) is 13.6. The number of hydrogen-bond acceptors (Lipinski definition) is 6. The second-order valence-corrected chi connectivity index (χ2v) is 8.59. The van der Waals surface area contributed by atoms with Crippen LogP contribution in [0.5, 0.6) is 0 Å². The number of halogens is 2. The predicted octanol–water partition coefficient (Wildman–Crippen LogP) is 3.63. The third-order valence-electron chi connectivity index (χ3n) is 6.07. The minimum atomic E-state index is -0.740. The van der Waals surface area contributed by atoms with Crippen molar-refractivity contribution in [3.63, 3.8) is 0 Å². The number of carbonyl (C=O) groups excluding carboxylic acids is 1. The van der Waals surface area contributed by atoms with E-state index >= 15 is 0 Å². The monoisotopic (exact) mass is 486 g/mol. The maximum absolute atomic E-state index is 13.6. The Morgan fingerprint density at radius 1 is 1.03 bits per heavy atom. The molecule has 6 rings (SSSR count). The molecule has 9 nitrogen and oxygen atoms in total. The molecule has 0 aliphatic carbocycles. The molecule has 0 bridgehead atoms. The number of nitrogens with zero attached hydrogens (tertiary/aromatic N) is 7. The highest BCUT2D eigenvalue weighted by atomic mass is 19.1. The van der Waals surface area contributed by atoms with Gasteiger partial charge in [-0.2, -0.15) is 9.49 Å². The lowest BCUT2D eigenvalue weighted by Crippen LogP contribution is -2.30. The second-order valence-electron chi connectivity index (χ2n) is 8.59. The molecule has 0 atom stereocenters. The van der Waals surface area contributed by atoms with Crippen LogP contribution in [0.15, 0.2) is 60.9 Å². The van der Waals surface area contributed by atoms with Crippen molar-refractivity contribution in [2.24, 2.45) is 0 Å². The number of imidazole rings is 2. The lowest BCUT2D eigenvalue weighted by Gasteiger charge is -2.24. The van der Waals surface area contributed by atoms with Gasteiger partial charge >= 0.3 is 0 Å².